The van der Waals surface area contributed by atoms with Gasteiger partial charge in [-0.25, -0.2) is 0 Å². The van der Waals surface area contributed by atoms with Crippen molar-refractivity contribution in [2.75, 3.05) is 39.3 Å². The number of amides is 3. The number of nitrogens with one attached hydrogen (secondary N) is 3. The molecule has 0 spiro atoms. The van der Waals surface area contributed by atoms with Crippen LogP contribution >= 0.6 is 0 Å². The van der Waals surface area contributed by atoms with Gasteiger partial charge in [-0.3, -0.25) is 19.3 Å². The van der Waals surface area contributed by atoms with Crippen LogP contribution < -0.4 is 16.0 Å². The minimum Gasteiger partial charge on any atom is -0.355 e. The molecule has 1 aliphatic rings. The first-order valence-electron chi connectivity index (χ1n) is 13.8. The summed E-state index contributed by atoms with van der Waals surface area (Å²) in [7, 11) is 0. The second-order valence-corrected chi connectivity index (χ2v) is 9.50. The average Bonchev–Trinajstić information content (AvgIpc) is 3.10. The van der Waals surface area contributed by atoms with Crippen LogP contribution in [0, 0.1) is 5.92 Å². The standard InChI is InChI=1S/C27H50N4O3/c1-4-6-7-8-9-10-11-12-13-14-15-24-22-25(32)31(27(24)34)21-20-29-17-16-28-18-19-30-26(33)23(3)5-2/h22-23,28-29H,4-21H2,1-3H3,(H,30,33). The highest BCUT2D eigenvalue weighted by atomic mass is 16.2. The van der Waals surface area contributed by atoms with Crippen molar-refractivity contribution in [3.8, 4) is 0 Å². The van der Waals surface area contributed by atoms with E-state index in [1.54, 1.807) is 0 Å². The maximum Gasteiger partial charge on any atom is 0.256 e. The van der Waals surface area contributed by atoms with Crippen LogP contribution in [0.5, 0.6) is 0 Å². The van der Waals surface area contributed by atoms with Gasteiger partial charge in [-0.2, -0.15) is 0 Å². The van der Waals surface area contributed by atoms with E-state index in [1.807, 2.05) is 13.8 Å². The number of unbranched alkanes of at least 4 members (excludes halogenated alkanes) is 9. The van der Waals surface area contributed by atoms with Gasteiger partial charge in [-0.15, -0.1) is 0 Å². The zero-order valence-corrected chi connectivity index (χ0v) is 22.1. The first-order valence-corrected chi connectivity index (χ1v) is 13.8. The monoisotopic (exact) mass is 478 g/mol. The highest BCUT2D eigenvalue weighted by Gasteiger charge is 2.29. The minimum atomic E-state index is -0.177. The molecule has 7 nitrogen and oxygen atoms in total. The number of nitrogens with zero attached hydrogens (tertiary/aromatic N) is 1. The van der Waals surface area contributed by atoms with Crippen molar-refractivity contribution in [3.05, 3.63) is 11.6 Å². The summed E-state index contributed by atoms with van der Waals surface area (Å²) in [4.78, 5) is 37.8. The Bertz CT molecular complexity index is 621. The first-order chi connectivity index (χ1) is 16.5. The molecule has 0 aromatic heterocycles. The zero-order chi connectivity index (χ0) is 25.0. The molecule has 196 valence electrons. The van der Waals surface area contributed by atoms with Gasteiger partial charge in [-0.05, 0) is 19.3 Å². The molecule has 0 saturated heterocycles. The Morgan fingerprint density at radius 3 is 2.00 bits per heavy atom. The molecule has 0 radical (unpaired) electrons. The second kappa shape index (κ2) is 19.6. The Morgan fingerprint density at radius 2 is 1.38 bits per heavy atom. The Kier molecular flexibility index (Phi) is 17.4. The summed E-state index contributed by atoms with van der Waals surface area (Å²) in [6, 6.07) is 0. The molecule has 7 heteroatoms. The van der Waals surface area contributed by atoms with E-state index in [0.29, 0.717) is 31.6 Å². The molecule has 1 rings (SSSR count). The van der Waals surface area contributed by atoms with Crippen molar-refractivity contribution in [2.45, 2.75) is 97.8 Å². The molecule has 1 unspecified atom stereocenters. The third kappa shape index (κ3) is 13.2. The molecular weight excluding hydrogens is 428 g/mol. The largest absolute Gasteiger partial charge is 0.355 e. The summed E-state index contributed by atoms with van der Waals surface area (Å²) in [5.41, 5.74) is 0.672. The van der Waals surface area contributed by atoms with Crippen LogP contribution in [0.25, 0.3) is 0 Å². The van der Waals surface area contributed by atoms with E-state index in [2.05, 4.69) is 22.9 Å². The summed E-state index contributed by atoms with van der Waals surface area (Å²) in [6.07, 6.45) is 15.7. The minimum absolute atomic E-state index is 0.0579. The fraction of sp³-hybridized carbons (Fsp3) is 0.815. The molecule has 34 heavy (non-hydrogen) atoms. The van der Waals surface area contributed by atoms with Crippen molar-refractivity contribution in [3.63, 3.8) is 0 Å². The van der Waals surface area contributed by atoms with Crippen molar-refractivity contribution >= 4 is 17.7 Å². The van der Waals surface area contributed by atoms with E-state index in [-0.39, 0.29) is 23.6 Å². The van der Waals surface area contributed by atoms with Crippen LogP contribution in [0.15, 0.2) is 11.6 Å². The van der Waals surface area contributed by atoms with Crippen LogP contribution in [0.3, 0.4) is 0 Å². The fourth-order valence-corrected chi connectivity index (χ4v) is 4.01. The Morgan fingerprint density at radius 1 is 0.824 bits per heavy atom. The van der Waals surface area contributed by atoms with E-state index in [0.717, 1.165) is 38.9 Å². The van der Waals surface area contributed by atoms with Crippen LogP contribution in [0.1, 0.15) is 97.8 Å². The van der Waals surface area contributed by atoms with Crippen molar-refractivity contribution in [2.24, 2.45) is 5.92 Å². The van der Waals surface area contributed by atoms with Crippen LogP contribution in [0.4, 0.5) is 0 Å². The number of hydrogen-bond donors (Lipinski definition) is 3. The normalized spacial score (nSPS) is 14.6. The first kappa shape index (κ1) is 30.3. The van der Waals surface area contributed by atoms with E-state index in [9.17, 15) is 14.4 Å². The lowest BCUT2D eigenvalue weighted by molar-refractivity contribution is -0.137. The van der Waals surface area contributed by atoms with Crippen LogP contribution in [-0.4, -0.2) is 61.9 Å². The summed E-state index contributed by atoms with van der Waals surface area (Å²) in [5, 5.41) is 9.44. The van der Waals surface area contributed by atoms with Gasteiger partial charge in [0.05, 0.1) is 0 Å². The van der Waals surface area contributed by atoms with Gasteiger partial charge in [0.1, 0.15) is 0 Å². The summed E-state index contributed by atoms with van der Waals surface area (Å²) < 4.78 is 0. The van der Waals surface area contributed by atoms with Gasteiger partial charge in [0.2, 0.25) is 5.91 Å². The van der Waals surface area contributed by atoms with Crippen LogP contribution in [0.2, 0.25) is 0 Å². The maximum atomic E-state index is 12.5. The SMILES string of the molecule is CCCCCCCCCCCCC1=CC(=O)N(CCNCCNCCNC(=O)C(C)CC)C1=O. The quantitative estimate of drug-likeness (QED) is 0.162. The predicted molar refractivity (Wildman–Crippen MR) is 139 cm³/mol. The van der Waals surface area contributed by atoms with Gasteiger partial charge in [-0.1, -0.05) is 78.6 Å². The summed E-state index contributed by atoms with van der Waals surface area (Å²) in [5.74, 6) is -0.131. The zero-order valence-electron chi connectivity index (χ0n) is 22.1. The highest BCUT2D eigenvalue weighted by molar-refractivity contribution is 6.16. The summed E-state index contributed by atoms with van der Waals surface area (Å²) in [6.45, 7) is 10.0. The van der Waals surface area contributed by atoms with Gasteiger partial charge >= 0.3 is 0 Å². The molecule has 1 aliphatic heterocycles. The summed E-state index contributed by atoms with van der Waals surface area (Å²) >= 11 is 0. The van der Waals surface area contributed by atoms with Crippen LogP contribution in [-0.2, 0) is 14.4 Å². The number of carbonyl (C=O) groups is 3. The predicted octanol–water partition coefficient (Wildman–Crippen LogP) is 3.93. The second-order valence-electron chi connectivity index (χ2n) is 9.50. The molecular formula is C27H50N4O3. The molecule has 1 heterocycles. The third-order valence-electron chi connectivity index (χ3n) is 6.53. The molecule has 0 bridgehead atoms. The van der Waals surface area contributed by atoms with Gasteiger partial charge in [0.15, 0.2) is 0 Å². The Labute approximate surface area is 207 Å². The van der Waals surface area contributed by atoms with Gasteiger partial charge in [0.25, 0.3) is 11.8 Å². The molecule has 0 aliphatic carbocycles. The highest BCUT2D eigenvalue weighted by Crippen LogP contribution is 2.19. The van der Waals surface area contributed by atoms with Gasteiger partial charge in [0, 0.05) is 56.8 Å². The van der Waals surface area contributed by atoms with E-state index in [4.69, 9.17) is 0 Å². The smallest absolute Gasteiger partial charge is 0.256 e. The number of carbonyl (C=O) groups excluding carboxylic acids is 3. The molecule has 3 N–H and O–H groups in total. The maximum absolute atomic E-state index is 12.5. The molecule has 0 aromatic carbocycles. The van der Waals surface area contributed by atoms with Crippen molar-refractivity contribution < 1.29 is 14.4 Å². The van der Waals surface area contributed by atoms with Crippen molar-refractivity contribution in [1.82, 2.24) is 20.9 Å². The van der Waals surface area contributed by atoms with E-state index >= 15 is 0 Å². The Balaban J connectivity index is 2.01. The number of imide groups is 1. The van der Waals surface area contributed by atoms with E-state index < -0.39 is 0 Å². The average molecular weight is 479 g/mol. The van der Waals surface area contributed by atoms with E-state index in [1.165, 1.54) is 62.3 Å². The molecule has 0 saturated carbocycles. The molecule has 3 amide bonds. The van der Waals surface area contributed by atoms with Crippen molar-refractivity contribution in [1.29, 1.82) is 0 Å². The molecule has 1 atom stereocenters. The molecule has 0 fully saturated rings. The van der Waals surface area contributed by atoms with Gasteiger partial charge < -0.3 is 16.0 Å². The Hall–Kier alpha value is -1.73. The molecule has 0 aromatic rings. The number of rotatable bonds is 22. The lowest BCUT2D eigenvalue weighted by atomic mass is 10.0. The lowest BCUT2D eigenvalue weighted by Crippen LogP contribution is -2.40. The lowest BCUT2D eigenvalue weighted by Gasteiger charge is -2.15. The topological polar surface area (TPSA) is 90.5 Å². The number of hydrogen-bond acceptors (Lipinski definition) is 5. The third-order valence-corrected chi connectivity index (χ3v) is 6.53. The fourth-order valence-electron chi connectivity index (χ4n) is 4.01.